The number of hydrogen-bond acceptors (Lipinski definition) is 2. The summed E-state index contributed by atoms with van der Waals surface area (Å²) in [5.41, 5.74) is 7.53. The molecule has 0 radical (unpaired) electrons. The molecule has 0 saturated heterocycles. The number of nitrogens with one attached hydrogen (secondary N) is 1. The molecule has 1 unspecified atom stereocenters. The van der Waals surface area contributed by atoms with E-state index in [0.29, 0.717) is 11.5 Å². The number of H-pyrrole nitrogens is 1. The highest BCUT2D eigenvalue weighted by atomic mass is 19.2. The molecule has 0 spiro atoms. The third-order valence-electron chi connectivity index (χ3n) is 3.29. The van der Waals surface area contributed by atoms with Crippen molar-refractivity contribution in [3.05, 3.63) is 77.8 Å². The standard InChI is InChI=1S/C16H13F2N3/c17-12-8-4-7-11(14(12)18)13-9-20-16(21-13)15(19)10-5-2-1-3-6-10/h1-9,15H,19H2,(H,20,21). The Morgan fingerprint density at radius 2 is 1.76 bits per heavy atom. The molecule has 3 nitrogen and oxygen atoms in total. The molecule has 1 aromatic heterocycles. The van der Waals surface area contributed by atoms with Gasteiger partial charge in [-0.15, -0.1) is 0 Å². The molecular weight excluding hydrogens is 272 g/mol. The molecule has 3 rings (SSSR count). The van der Waals surface area contributed by atoms with E-state index in [-0.39, 0.29) is 5.56 Å². The van der Waals surface area contributed by atoms with Gasteiger partial charge in [0.2, 0.25) is 0 Å². The van der Waals surface area contributed by atoms with Crippen LogP contribution in [0, 0.1) is 11.6 Å². The minimum absolute atomic E-state index is 0.133. The minimum Gasteiger partial charge on any atom is -0.340 e. The smallest absolute Gasteiger partial charge is 0.168 e. The van der Waals surface area contributed by atoms with Gasteiger partial charge < -0.3 is 10.7 Å². The Kier molecular flexibility index (Phi) is 3.50. The van der Waals surface area contributed by atoms with Crippen molar-refractivity contribution >= 4 is 0 Å². The molecule has 0 aliphatic heterocycles. The number of imidazole rings is 1. The maximum absolute atomic E-state index is 13.8. The average Bonchev–Trinajstić information content (AvgIpc) is 3.00. The van der Waals surface area contributed by atoms with Crippen molar-refractivity contribution < 1.29 is 8.78 Å². The first kappa shape index (κ1) is 13.5. The number of nitrogens with two attached hydrogens (primary N) is 1. The van der Waals surface area contributed by atoms with Crippen molar-refractivity contribution in [2.45, 2.75) is 6.04 Å². The Hall–Kier alpha value is -2.53. The second-order valence-corrected chi connectivity index (χ2v) is 4.67. The van der Waals surface area contributed by atoms with Crippen LogP contribution in [-0.4, -0.2) is 9.97 Å². The van der Waals surface area contributed by atoms with Crippen LogP contribution in [0.1, 0.15) is 17.4 Å². The fraction of sp³-hybridized carbons (Fsp3) is 0.0625. The largest absolute Gasteiger partial charge is 0.340 e. The lowest BCUT2D eigenvalue weighted by molar-refractivity contribution is 0.511. The molecule has 1 heterocycles. The second kappa shape index (κ2) is 5.46. The van der Waals surface area contributed by atoms with E-state index in [4.69, 9.17) is 5.73 Å². The normalized spacial score (nSPS) is 12.3. The number of benzene rings is 2. The van der Waals surface area contributed by atoms with Gasteiger partial charge in [0.1, 0.15) is 5.82 Å². The van der Waals surface area contributed by atoms with Gasteiger partial charge in [-0.25, -0.2) is 13.8 Å². The van der Waals surface area contributed by atoms with Crippen LogP contribution in [-0.2, 0) is 0 Å². The lowest BCUT2D eigenvalue weighted by Gasteiger charge is -2.08. The fourth-order valence-electron chi connectivity index (χ4n) is 2.16. The van der Waals surface area contributed by atoms with Crippen LogP contribution in [0.2, 0.25) is 0 Å². The number of halogens is 2. The molecule has 0 amide bonds. The highest BCUT2D eigenvalue weighted by molar-refractivity contribution is 5.59. The number of aromatic amines is 1. The van der Waals surface area contributed by atoms with E-state index in [1.807, 2.05) is 30.3 Å². The summed E-state index contributed by atoms with van der Waals surface area (Å²) >= 11 is 0. The van der Waals surface area contributed by atoms with E-state index in [2.05, 4.69) is 9.97 Å². The number of hydrogen-bond donors (Lipinski definition) is 2. The van der Waals surface area contributed by atoms with Gasteiger partial charge in [-0.05, 0) is 17.7 Å². The van der Waals surface area contributed by atoms with Crippen molar-refractivity contribution in [1.29, 1.82) is 0 Å². The molecule has 21 heavy (non-hydrogen) atoms. The van der Waals surface area contributed by atoms with Crippen LogP contribution in [0.4, 0.5) is 8.78 Å². The van der Waals surface area contributed by atoms with Gasteiger partial charge >= 0.3 is 0 Å². The predicted molar refractivity (Wildman–Crippen MR) is 76.4 cm³/mol. The van der Waals surface area contributed by atoms with Crippen LogP contribution >= 0.6 is 0 Å². The molecule has 3 aromatic rings. The zero-order valence-corrected chi connectivity index (χ0v) is 11.1. The van der Waals surface area contributed by atoms with Gasteiger partial charge in [0.05, 0.1) is 17.9 Å². The molecule has 0 aliphatic rings. The summed E-state index contributed by atoms with van der Waals surface area (Å²) in [6.45, 7) is 0. The zero-order valence-electron chi connectivity index (χ0n) is 11.1. The van der Waals surface area contributed by atoms with E-state index in [0.717, 1.165) is 11.6 Å². The molecule has 2 aromatic carbocycles. The lowest BCUT2D eigenvalue weighted by Crippen LogP contribution is -2.13. The van der Waals surface area contributed by atoms with Crippen LogP contribution in [0.3, 0.4) is 0 Å². The Morgan fingerprint density at radius 3 is 2.52 bits per heavy atom. The molecule has 0 fully saturated rings. The summed E-state index contributed by atoms with van der Waals surface area (Å²) in [5, 5.41) is 0. The van der Waals surface area contributed by atoms with E-state index in [1.165, 1.54) is 18.3 Å². The van der Waals surface area contributed by atoms with Crippen molar-refractivity contribution in [1.82, 2.24) is 9.97 Å². The van der Waals surface area contributed by atoms with E-state index < -0.39 is 17.7 Å². The lowest BCUT2D eigenvalue weighted by atomic mass is 10.1. The first-order valence-electron chi connectivity index (χ1n) is 6.46. The Balaban J connectivity index is 1.95. The summed E-state index contributed by atoms with van der Waals surface area (Å²) in [6.07, 6.45) is 1.45. The SMILES string of the molecule is NC(c1ccccc1)c1ncc(-c2cccc(F)c2F)[nH]1. The third kappa shape index (κ3) is 2.55. The average molecular weight is 285 g/mol. The maximum Gasteiger partial charge on any atom is 0.168 e. The van der Waals surface area contributed by atoms with Crippen molar-refractivity contribution in [3.8, 4) is 11.3 Å². The number of rotatable bonds is 3. The first-order valence-corrected chi connectivity index (χ1v) is 6.46. The Morgan fingerprint density at radius 1 is 1.00 bits per heavy atom. The summed E-state index contributed by atoms with van der Waals surface area (Å²) in [6, 6.07) is 13.0. The summed E-state index contributed by atoms with van der Waals surface area (Å²) in [4.78, 5) is 7.12. The van der Waals surface area contributed by atoms with E-state index >= 15 is 0 Å². The van der Waals surface area contributed by atoms with Crippen LogP contribution in [0.25, 0.3) is 11.3 Å². The molecule has 106 valence electrons. The third-order valence-corrected chi connectivity index (χ3v) is 3.29. The van der Waals surface area contributed by atoms with E-state index in [1.54, 1.807) is 0 Å². The van der Waals surface area contributed by atoms with Gasteiger partial charge in [0, 0.05) is 5.56 Å². The molecular formula is C16H13F2N3. The topological polar surface area (TPSA) is 54.7 Å². The van der Waals surface area contributed by atoms with E-state index in [9.17, 15) is 8.78 Å². The van der Waals surface area contributed by atoms with Gasteiger partial charge in [0.15, 0.2) is 11.6 Å². The molecule has 0 saturated carbocycles. The van der Waals surface area contributed by atoms with Crippen molar-refractivity contribution in [2.24, 2.45) is 5.73 Å². The van der Waals surface area contributed by atoms with Gasteiger partial charge in [-0.1, -0.05) is 36.4 Å². The Labute approximate surface area is 120 Å². The first-order chi connectivity index (χ1) is 10.2. The fourth-order valence-corrected chi connectivity index (χ4v) is 2.16. The molecule has 5 heteroatoms. The predicted octanol–water partition coefficient (Wildman–Crippen LogP) is 3.40. The Bertz CT molecular complexity index is 753. The molecule has 1 atom stereocenters. The summed E-state index contributed by atoms with van der Waals surface area (Å²) in [7, 11) is 0. The maximum atomic E-state index is 13.8. The minimum atomic E-state index is -0.902. The van der Waals surface area contributed by atoms with Crippen LogP contribution in [0.5, 0.6) is 0 Å². The van der Waals surface area contributed by atoms with Crippen molar-refractivity contribution in [2.75, 3.05) is 0 Å². The van der Waals surface area contributed by atoms with Gasteiger partial charge in [0.25, 0.3) is 0 Å². The molecule has 0 bridgehead atoms. The summed E-state index contributed by atoms with van der Waals surface area (Å²) in [5.74, 6) is -1.29. The quantitative estimate of drug-likeness (QED) is 0.775. The number of nitrogens with zero attached hydrogens (tertiary/aromatic N) is 1. The van der Waals surface area contributed by atoms with Crippen molar-refractivity contribution in [3.63, 3.8) is 0 Å². The molecule has 3 N–H and O–H groups in total. The summed E-state index contributed by atoms with van der Waals surface area (Å²) < 4.78 is 27.0. The highest BCUT2D eigenvalue weighted by Crippen LogP contribution is 2.25. The van der Waals surface area contributed by atoms with Gasteiger partial charge in [-0.2, -0.15) is 0 Å². The zero-order chi connectivity index (χ0) is 14.8. The second-order valence-electron chi connectivity index (χ2n) is 4.67. The van der Waals surface area contributed by atoms with Crippen LogP contribution < -0.4 is 5.73 Å². The highest BCUT2D eigenvalue weighted by Gasteiger charge is 2.16. The monoisotopic (exact) mass is 285 g/mol. The van der Waals surface area contributed by atoms with Crippen LogP contribution in [0.15, 0.2) is 54.7 Å². The number of aromatic nitrogens is 2. The van der Waals surface area contributed by atoms with Gasteiger partial charge in [-0.3, -0.25) is 0 Å². The molecule has 0 aliphatic carbocycles.